The minimum atomic E-state index is -0.469. The molecule has 1 amide bonds. The van der Waals surface area contributed by atoms with Gasteiger partial charge in [0.2, 0.25) is 0 Å². The van der Waals surface area contributed by atoms with Crippen LogP contribution in [0.5, 0.6) is 0 Å². The first-order chi connectivity index (χ1) is 10.1. The Hall–Kier alpha value is -2.41. The molecular weight excluding hydrogens is 288 g/mol. The minimum absolute atomic E-state index is 0.155. The van der Waals surface area contributed by atoms with Crippen LogP contribution < -0.4 is 5.32 Å². The van der Waals surface area contributed by atoms with Gasteiger partial charge in [-0.15, -0.1) is 11.3 Å². The maximum absolute atomic E-state index is 11.6. The van der Waals surface area contributed by atoms with Gasteiger partial charge in [0.1, 0.15) is 0 Å². The Balaban J connectivity index is 1.85. The maximum Gasteiger partial charge on any atom is 0.411 e. The number of rotatable bonds is 3. The zero-order valence-corrected chi connectivity index (χ0v) is 12.4. The largest absolute Gasteiger partial charge is 0.447 e. The molecular formula is C14H14N4O2S. The van der Waals surface area contributed by atoms with Crippen LogP contribution in [0.3, 0.4) is 0 Å². The number of imidazole rings is 1. The first-order valence-electron chi connectivity index (χ1n) is 6.49. The highest BCUT2D eigenvalue weighted by molar-refractivity contribution is 7.13. The van der Waals surface area contributed by atoms with E-state index in [9.17, 15) is 4.79 Å². The number of carbonyl (C=O) groups is 1. The van der Waals surface area contributed by atoms with Crippen molar-refractivity contribution in [1.29, 1.82) is 0 Å². The number of thiazole rings is 1. The van der Waals surface area contributed by atoms with E-state index >= 15 is 0 Å². The van der Waals surface area contributed by atoms with Crippen LogP contribution in [-0.2, 0) is 4.74 Å². The lowest BCUT2D eigenvalue weighted by molar-refractivity contribution is 0.130. The molecule has 3 rings (SSSR count). The van der Waals surface area contributed by atoms with E-state index in [4.69, 9.17) is 4.74 Å². The highest BCUT2D eigenvalue weighted by Gasteiger charge is 2.10. The summed E-state index contributed by atoms with van der Waals surface area (Å²) in [6.45, 7) is 3.61. The number of nitrogens with one attached hydrogen (secondary N) is 2. The molecule has 7 heteroatoms. The van der Waals surface area contributed by atoms with Crippen molar-refractivity contribution in [3.8, 4) is 10.8 Å². The van der Waals surface area contributed by atoms with E-state index in [-0.39, 0.29) is 6.10 Å². The summed E-state index contributed by atoms with van der Waals surface area (Å²) in [5.41, 5.74) is 2.31. The summed E-state index contributed by atoms with van der Waals surface area (Å²) < 4.78 is 5.05. The summed E-state index contributed by atoms with van der Waals surface area (Å²) in [6.07, 6.45) is 1.11. The van der Waals surface area contributed by atoms with Crippen LogP contribution in [0.25, 0.3) is 21.9 Å². The number of nitrogens with zero attached hydrogens (tertiary/aromatic N) is 2. The summed E-state index contributed by atoms with van der Waals surface area (Å²) in [5, 5.41) is 5.42. The van der Waals surface area contributed by atoms with Crippen molar-refractivity contribution >= 4 is 34.2 Å². The lowest BCUT2D eigenvalue weighted by Gasteiger charge is -2.09. The standard InChI is InChI=1S/C14H14N4O2S/c1-8(2)20-14(19)16-9-3-4-10-11(7-9)18-12(17-10)13-15-5-6-21-13/h3-8H,1-2H3,(H,16,19)(H,17,18). The van der Waals surface area contributed by atoms with Gasteiger partial charge in [-0.2, -0.15) is 0 Å². The van der Waals surface area contributed by atoms with Crippen molar-refractivity contribution in [2.24, 2.45) is 0 Å². The molecule has 0 unspecified atom stereocenters. The zero-order chi connectivity index (χ0) is 14.8. The summed E-state index contributed by atoms with van der Waals surface area (Å²) in [5.74, 6) is 0.724. The fraction of sp³-hybridized carbons (Fsp3) is 0.214. The van der Waals surface area contributed by atoms with Gasteiger partial charge in [-0.1, -0.05) is 0 Å². The topological polar surface area (TPSA) is 79.9 Å². The maximum atomic E-state index is 11.6. The van der Waals surface area contributed by atoms with E-state index in [0.29, 0.717) is 5.69 Å². The predicted molar refractivity (Wildman–Crippen MR) is 82.4 cm³/mol. The van der Waals surface area contributed by atoms with Crippen molar-refractivity contribution < 1.29 is 9.53 Å². The van der Waals surface area contributed by atoms with E-state index in [1.807, 2.05) is 17.5 Å². The second-order valence-corrected chi connectivity index (χ2v) is 5.63. The van der Waals surface area contributed by atoms with Gasteiger partial charge in [-0.05, 0) is 32.0 Å². The van der Waals surface area contributed by atoms with E-state index in [2.05, 4.69) is 20.3 Å². The van der Waals surface area contributed by atoms with Crippen molar-refractivity contribution in [1.82, 2.24) is 15.0 Å². The van der Waals surface area contributed by atoms with Gasteiger partial charge in [0.15, 0.2) is 10.8 Å². The van der Waals surface area contributed by atoms with Crippen molar-refractivity contribution in [2.75, 3.05) is 5.32 Å². The quantitative estimate of drug-likeness (QED) is 0.774. The number of hydrogen-bond donors (Lipinski definition) is 2. The van der Waals surface area contributed by atoms with Crippen molar-refractivity contribution in [2.45, 2.75) is 20.0 Å². The normalized spacial score (nSPS) is 11.0. The molecule has 0 aliphatic carbocycles. The molecule has 0 spiro atoms. The minimum Gasteiger partial charge on any atom is -0.447 e. The fourth-order valence-electron chi connectivity index (χ4n) is 1.89. The molecule has 1 aromatic carbocycles. The Morgan fingerprint density at radius 1 is 1.43 bits per heavy atom. The van der Waals surface area contributed by atoms with Gasteiger partial charge in [0, 0.05) is 17.3 Å². The molecule has 0 radical (unpaired) electrons. The summed E-state index contributed by atoms with van der Waals surface area (Å²) in [7, 11) is 0. The fourth-order valence-corrected chi connectivity index (χ4v) is 2.47. The van der Waals surface area contributed by atoms with Crippen LogP contribution in [0.2, 0.25) is 0 Å². The summed E-state index contributed by atoms with van der Waals surface area (Å²) >= 11 is 1.52. The summed E-state index contributed by atoms with van der Waals surface area (Å²) in [4.78, 5) is 23.5. The van der Waals surface area contributed by atoms with Crippen LogP contribution in [0.1, 0.15) is 13.8 Å². The van der Waals surface area contributed by atoms with Gasteiger partial charge in [0.05, 0.1) is 17.1 Å². The van der Waals surface area contributed by atoms with Crippen LogP contribution >= 0.6 is 11.3 Å². The SMILES string of the molecule is CC(C)OC(=O)Nc1ccc2nc(-c3nccs3)[nH]c2c1. The molecule has 2 N–H and O–H groups in total. The molecule has 0 aliphatic rings. The Morgan fingerprint density at radius 3 is 3.00 bits per heavy atom. The number of anilines is 1. The third kappa shape index (κ3) is 3.03. The zero-order valence-electron chi connectivity index (χ0n) is 11.6. The molecule has 2 aromatic heterocycles. The van der Waals surface area contributed by atoms with Gasteiger partial charge in [0.25, 0.3) is 0 Å². The van der Waals surface area contributed by atoms with E-state index in [1.54, 1.807) is 26.1 Å². The second kappa shape index (κ2) is 5.53. The first-order valence-corrected chi connectivity index (χ1v) is 7.37. The molecule has 3 aromatic rings. The van der Waals surface area contributed by atoms with Gasteiger partial charge < -0.3 is 9.72 Å². The number of H-pyrrole nitrogens is 1. The average molecular weight is 302 g/mol. The highest BCUT2D eigenvalue weighted by Crippen LogP contribution is 2.24. The van der Waals surface area contributed by atoms with E-state index < -0.39 is 6.09 Å². The number of carbonyl (C=O) groups excluding carboxylic acids is 1. The van der Waals surface area contributed by atoms with Crippen LogP contribution in [-0.4, -0.2) is 27.1 Å². The number of aromatic amines is 1. The smallest absolute Gasteiger partial charge is 0.411 e. The molecule has 0 saturated heterocycles. The van der Waals surface area contributed by atoms with Crippen LogP contribution in [0.15, 0.2) is 29.8 Å². The van der Waals surface area contributed by atoms with Crippen LogP contribution in [0.4, 0.5) is 10.5 Å². The molecule has 0 saturated carbocycles. The number of aromatic nitrogens is 3. The third-order valence-electron chi connectivity index (χ3n) is 2.71. The summed E-state index contributed by atoms with van der Waals surface area (Å²) in [6, 6.07) is 5.45. The van der Waals surface area contributed by atoms with Crippen LogP contribution in [0, 0.1) is 0 Å². The van der Waals surface area contributed by atoms with Crippen molar-refractivity contribution in [3.63, 3.8) is 0 Å². The average Bonchev–Trinajstić information content (AvgIpc) is 3.05. The monoisotopic (exact) mass is 302 g/mol. The molecule has 6 nitrogen and oxygen atoms in total. The molecule has 108 valence electrons. The molecule has 0 atom stereocenters. The Bertz CT molecular complexity index is 764. The molecule has 0 fully saturated rings. The number of amides is 1. The van der Waals surface area contributed by atoms with Gasteiger partial charge in [-0.25, -0.2) is 14.8 Å². The molecule has 2 heterocycles. The Labute approximate surface area is 125 Å². The second-order valence-electron chi connectivity index (χ2n) is 4.73. The molecule has 21 heavy (non-hydrogen) atoms. The predicted octanol–water partition coefficient (Wildman–Crippen LogP) is 3.64. The number of benzene rings is 1. The van der Waals surface area contributed by atoms with E-state index in [0.717, 1.165) is 21.9 Å². The Morgan fingerprint density at radius 2 is 2.29 bits per heavy atom. The number of fused-ring (bicyclic) bond motifs is 1. The number of ether oxygens (including phenoxy) is 1. The lowest BCUT2D eigenvalue weighted by atomic mass is 10.3. The highest BCUT2D eigenvalue weighted by atomic mass is 32.1. The van der Waals surface area contributed by atoms with Gasteiger partial charge in [-0.3, -0.25) is 5.32 Å². The molecule has 0 aliphatic heterocycles. The number of hydrogen-bond acceptors (Lipinski definition) is 5. The van der Waals surface area contributed by atoms with Crippen molar-refractivity contribution in [3.05, 3.63) is 29.8 Å². The molecule has 0 bridgehead atoms. The lowest BCUT2D eigenvalue weighted by Crippen LogP contribution is -2.17. The first kappa shape index (κ1) is 13.6. The Kier molecular flexibility index (Phi) is 3.57. The van der Waals surface area contributed by atoms with E-state index in [1.165, 1.54) is 11.3 Å². The van der Waals surface area contributed by atoms with Gasteiger partial charge >= 0.3 is 6.09 Å². The third-order valence-corrected chi connectivity index (χ3v) is 3.49.